The van der Waals surface area contributed by atoms with E-state index < -0.39 is 49.7 Å². The maximum atomic E-state index is 14.2. The summed E-state index contributed by atoms with van der Waals surface area (Å²) in [5.41, 5.74) is -0.944. The van der Waals surface area contributed by atoms with Crippen LogP contribution in [0.5, 0.6) is 0 Å². The normalized spacial score (nSPS) is 21.4. The minimum Gasteiger partial charge on any atom is -0.744 e. The molecule has 3 aromatic rings. The summed E-state index contributed by atoms with van der Waals surface area (Å²) in [7, 11) is -2.26. The molecule has 0 aromatic heterocycles. The number of likely N-dealkylation sites (tertiary alicyclic amines) is 1. The summed E-state index contributed by atoms with van der Waals surface area (Å²) in [5.74, 6) is -0.988. The molecule has 218 valence electrons. The first-order valence-corrected chi connectivity index (χ1v) is 14.3. The fourth-order valence-electron chi connectivity index (χ4n) is 5.15. The van der Waals surface area contributed by atoms with Crippen LogP contribution in [0.1, 0.15) is 30.1 Å². The SMILES string of the molecule is CN1CC2(C1)OCc1cc(C3=NO[C@@](c4cc(Cl)c(F)c(Cl)c4)(C(F)(F)F)C3)ccc12.O=S(=O)([O-])c1ccccc1.[H+]. The van der Waals surface area contributed by atoms with Gasteiger partial charge >= 0.3 is 7.60 Å². The summed E-state index contributed by atoms with van der Waals surface area (Å²) < 4.78 is 93.1. The minimum absolute atomic E-state index is 0. The predicted octanol–water partition coefficient (Wildman–Crippen LogP) is 6.09. The Morgan fingerprint density at radius 1 is 1.05 bits per heavy atom. The van der Waals surface area contributed by atoms with Crippen LogP contribution >= 0.6 is 23.2 Å². The van der Waals surface area contributed by atoms with E-state index in [9.17, 15) is 30.5 Å². The Morgan fingerprint density at radius 3 is 2.22 bits per heavy atom. The number of ether oxygens (including phenoxy) is 1. The molecule has 3 aliphatic rings. The number of nitrogens with zero attached hydrogens (tertiary/aromatic N) is 2. The van der Waals surface area contributed by atoms with Crippen LogP contribution in [0.4, 0.5) is 17.6 Å². The van der Waals surface area contributed by atoms with Crippen molar-refractivity contribution in [3.63, 3.8) is 0 Å². The molecule has 0 amide bonds. The molecule has 14 heteroatoms. The van der Waals surface area contributed by atoms with Gasteiger partial charge in [-0.15, -0.1) is 0 Å². The topological polar surface area (TPSA) is 91.3 Å². The number of fused-ring (bicyclic) bond motifs is 2. The maximum Gasteiger partial charge on any atom is 1.00 e. The van der Waals surface area contributed by atoms with Gasteiger partial charge in [0.05, 0.1) is 27.3 Å². The average Bonchev–Trinajstić information content (AvgIpc) is 3.51. The standard InChI is InChI=1S/C21H16Cl2F4N2O2.C6H6O3S/c1-29-9-19(10-29)14-3-2-11(4-12(14)8-30-19)17-7-20(31-28-17,21(25,26)27)13-5-15(22)18(24)16(23)6-13;7-10(8,9)6-4-2-1-3-5-6/h2-6H,7-10H2,1H3;1-5H,(H,7,8,9)/t20-;/m0./s1. The quantitative estimate of drug-likeness (QED) is 0.197. The lowest BCUT2D eigenvalue weighted by atomic mass is 9.83. The second kappa shape index (κ2) is 10.5. The molecule has 3 aliphatic heterocycles. The monoisotopic (exact) mass is 632 g/mol. The van der Waals surface area contributed by atoms with Gasteiger partial charge < -0.3 is 14.1 Å². The zero-order chi connectivity index (χ0) is 29.8. The first kappa shape index (κ1) is 29.7. The van der Waals surface area contributed by atoms with Crippen LogP contribution in [0.3, 0.4) is 0 Å². The molecule has 0 unspecified atom stereocenters. The van der Waals surface area contributed by atoms with Gasteiger partial charge in [0.2, 0.25) is 0 Å². The smallest absolute Gasteiger partial charge is 0.744 e. The van der Waals surface area contributed by atoms with Crippen LogP contribution < -0.4 is 0 Å². The lowest BCUT2D eigenvalue weighted by molar-refractivity contribution is -0.275. The maximum absolute atomic E-state index is 14.2. The van der Waals surface area contributed by atoms with Gasteiger partial charge in [0.25, 0.3) is 5.60 Å². The molecule has 1 spiro atoms. The second-order valence-corrected chi connectivity index (χ2v) is 12.2. The minimum atomic E-state index is -4.84. The summed E-state index contributed by atoms with van der Waals surface area (Å²) in [4.78, 5) is 6.95. The molecule has 0 saturated carbocycles. The van der Waals surface area contributed by atoms with Crippen LogP contribution in [0.15, 0.2) is 70.7 Å². The van der Waals surface area contributed by atoms with E-state index in [2.05, 4.69) is 10.1 Å². The number of benzene rings is 3. The molecule has 1 saturated heterocycles. The van der Waals surface area contributed by atoms with Crippen molar-refractivity contribution < 1.29 is 41.5 Å². The van der Waals surface area contributed by atoms with Crippen molar-refractivity contribution in [3.8, 4) is 0 Å². The lowest BCUT2D eigenvalue weighted by Crippen LogP contribution is -2.57. The van der Waals surface area contributed by atoms with E-state index in [1.807, 2.05) is 13.1 Å². The van der Waals surface area contributed by atoms with Gasteiger partial charge in [-0.1, -0.05) is 58.7 Å². The molecular weight excluding hydrogens is 611 g/mol. The van der Waals surface area contributed by atoms with Crippen molar-refractivity contribution in [2.45, 2.75) is 35.3 Å². The van der Waals surface area contributed by atoms with Crippen molar-refractivity contribution in [2.24, 2.45) is 5.16 Å². The average molecular weight is 633 g/mol. The Morgan fingerprint density at radius 2 is 1.68 bits per heavy atom. The van der Waals surface area contributed by atoms with E-state index in [4.69, 9.17) is 32.8 Å². The molecule has 41 heavy (non-hydrogen) atoms. The molecule has 0 radical (unpaired) electrons. The first-order chi connectivity index (χ1) is 19.2. The van der Waals surface area contributed by atoms with Crippen molar-refractivity contribution in [1.29, 1.82) is 0 Å². The molecular formula is C27H22Cl2F4N2O5S. The van der Waals surface area contributed by atoms with Crippen molar-refractivity contribution in [1.82, 2.24) is 4.90 Å². The summed E-state index contributed by atoms with van der Waals surface area (Å²) in [5, 5.41) is 2.72. The van der Waals surface area contributed by atoms with E-state index >= 15 is 0 Å². The molecule has 3 heterocycles. The molecule has 6 rings (SSSR count). The van der Waals surface area contributed by atoms with Crippen molar-refractivity contribution in [3.05, 3.63) is 98.8 Å². The van der Waals surface area contributed by atoms with Gasteiger partial charge in [-0.3, -0.25) is 4.90 Å². The number of hydrogen-bond acceptors (Lipinski definition) is 7. The van der Waals surface area contributed by atoms with E-state index in [0.717, 1.165) is 36.3 Å². The molecule has 0 N–H and O–H groups in total. The van der Waals surface area contributed by atoms with Crippen LogP contribution in [0, 0.1) is 5.82 Å². The Bertz CT molecular complexity index is 1610. The number of likely N-dealkylation sites (N-methyl/N-ethyl adjacent to an activating group) is 1. The largest absolute Gasteiger partial charge is 1.00 e. The Kier molecular flexibility index (Phi) is 7.63. The van der Waals surface area contributed by atoms with E-state index in [-0.39, 0.29) is 17.6 Å². The molecule has 0 aliphatic carbocycles. The highest BCUT2D eigenvalue weighted by Crippen LogP contribution is 2.50. The fourth-order valence-corrected chi connectivity index (χ4v) is 6.13. The number of rotatable bonds is 3. The molecule has 1 fully saturated rings. The van der Waals surface area contributed by atoms with Crippen LogP contribution in [-0.4, -0.2) is 49.9 Å². The van der Waals surface area contributed by atoms with E-state index in [1.165, 1.54) is 24.3 Å². The molecule has 0 bridgehead atoms. The number of hydrogen-bond donors (Lipinski definition) is 0. The zero-order valence-electron chi connectivity index (χ0n) is 22.2. The van der Waals surface area contributed by atoms with E-state index in [1.54, 1.807) is 18.2 Å². The summed E-state index contributed by atoms with van der Waals surface area (Å²) in [6, 6.07) is 14.3. The molecule has 3 aromatic carbocycles. The summed E-state index contributed by atoms with van der Waals surface area (Å²) in [6.45, 7) is 1.93. The van der Waals surface area contributed by atoms with Crippen molar-refractivity contribution >= 4 is 39.0 Å². The highest BCUT2D eigenvalue weighted by atomic mass is 35.5. The van der Waals surface area contributed by atoms with Gasteiger partial charge in [0.15, 0.2) is 5.82 Å². The third kappa shape index (κ3) is 5.44. The summed E-state index contributed by atoms with van der Waals surface area (Å²) >= 11 is 11.5. The van der Waals surface area contributed by atoms with Gasteiger partial charge in [0, 0.05) is 25.1 Å². The fraction of sp³-hybridized carbons (Fsp3) is 0.296. The third-order valence-electron chi connectivity index (χ3n) is 7.15. The van der Waals surface area contributed by atoms with Gasteiger partial charge in [0.1, 0.15) is 15.7 Å². The highest BCUT2D eigenvalue weighted by Gasteiger charge is 2.62. The van der Waals surface area contributed by atoms with Gasteiger partial charge in [-0.05, 0) is 54.1 Å². The lowest BCUT2D eigenvalue weighted by Gasteiger charge is -2.45. The van der Waals surface area contributed by atoms with Crippen LogP contribution in [0.2, 0.25) is 10.0 Å². The Labute approximate surface area is 244 Å². The number of alkyl halides is 3. The van der Waals surface area contributed by atoms with Crippen LogP contribution in [-0.2, 0) is 37.5 Å². The molecule has 7 nitrogen and oxygen atoms in total. The molecule has 1 atom stereocenters. The highest BCUT2D eigenvalue weighted by molar-refractivity contribution is 7.85. The van der Waals surface area contributed by atoms with Crippen molar-refractivity contribution in [2.75, 3.05) is 20.1 Å². The van der Waals surface area contributed by atoms with Crippen LogP contribution in [0.25, 0.3) is 0 Å². The van der Waals surface area contributed by atoms with Gasteiger partial charge in [-0.2, -0.15) is 13.2 Å². The first-order valence-electron chi connectivity index (χ1n) is 12.1. The second-order valence-electron chi connectivity index (χ2n) is 9.98. The predicted molar refractivity (Wildman–Crippen MR) is 142 cm³/mol. The Balaban J connectivity index is 0.000000314. The van der Waals surface area contributed by atoms with Gasteiger partial charge in [-0.25, -0.2) is 12.8 Å². The summed E-state index contributed by atoms with van der Waals surface area (Å²) in [6.07, 6.45) is -5.44. The number of oxime groups is 1. The van der Waals surface area contributed by atoms with E-state index in [0.29, 0.717) is 12.2 Å². The Hall–Kier alpha value is -2.74. The third-order valence-corrected chi connectivity index (χ3v) is 8.55. The number of halogens is 6. The zero-order valence-corrected chi connectivity index (χ0v) is 23.5.